The fourth-order valence-corrected chi connectivity index (χ4v) is 4.36. The molecule has 4 rings (SSSR count). The molecule has 3 heterocycles. The first-order valence-corrected chi connectivity index (χ1v) is 9.48. The van der Waals surface area contributed by atoms with Crippen LogP contribution in [-0.2, 0) is 4.74 Å². The summed E-state index contributed by atoms with van der Waals surface area (Å²) >= 11 is 0. The van der Waals surface area contributed by atoms with E-state index in [2.05, 4.69) is 9.97 Å². The van der Waals surface area contributed by atoms with Gasteiger partial charge in [0.1, 0.15) is 6.10 Å². The second kappa shape index (κ2) is 7.27. The molecular formula is C21H25N3O3. The summed E-state index contributed by atoms with van der Waals surface area (Å²) in [6, 6.07) is 9.38. The Labute approximate surface area is 159 Å². The molecule has 1 aliphatic heterocycles. The predicted octanol–water partition coefficient (Wildman–Crippen LogP) is 3.02. The number of pyridine rings is 2. The van der Waals surface area contributed by atoms with E-state index in [1.807, 2.05) is 42.2 Å². The molecule has 142 valence electrons. The molecule has 1 amide bonds. The van der Waals surface area contributed by atoms with Gasteiger partial charge in [-0.05, 0) is 44.4 Å². The van der Waals surface area contributed by atoms with Gasteiger partial charge < -0.3 is 14.4 Å². The summed E-state index contributed by atoms with van der Waals surface area (Å²) in [4.78, 5) is 23.6. The Bertz CT molecular complexity index is 796. The molecule has 0 N–H and O–H groups in total. The Morgan fingerprint density at radius 3 is 2.81 bits per heavy atom. The lowest BCUT2D eigenvalue weighted by Crippen LogP contribution is -2.53. The van der Waals surface area contributed by atoms with Crippen LogP contribution in [0.4, 0.5) is 0 Å². The van der Waals surface area contributed by atoms with Crippen molar-refractivity contribution in [1.29, 1.82) is 0 Å². The SMILES string of the molecule is CO[C@@]12CCC(Oc3ccccn3)CC1N(C(=O)c1ccc(C)nc1)CC2. The first-order chi connectivity index (χ1) is 13.1. The number of nitrogens with zero attached hydrogens (tertiary/aromatic N) is 3. The minimum atomic E-state index is -0.280. The van der Waals surface area contributed by atoms with E-state index in [0.29, 0.717) is 18.0 Å². The number of rotatable bonds is 4. The van der Waals surface area contributed by atoms with Crippen LogP contribution in [0.1, 0.15) is 41.7 Å². The highest BCUT2D eigenvalue weighted by molar-refractivity contribution is 5.94. The summed E-state index contributed by atoms with van der Waals surface area (Å²) in [5.41, 5.74) is 1.25. The smallest absolute Gasteiger partial charge is 0.255 e. The number of aryl methyl sites for hydroxylation is 1. The summed E-state index contributed by atoms with van der Waals surface area (Å²) < 4.78 is 12.0. The van der Waals surface area contributed by atoms with Crippen LogP contribution in [0.2, 0.25) is 0 Å². The molecule has 0 bridgehead atoms. The third-order valence-electron chi connectivity index (χ3n) is 5.89. The summed E-state index contributed by atoms with van der Waals surface area (Å²) in [7, 11) is 1.76. The highest BCUT2D eigenvalue weighted by Gasteiger charge is 2.53. The van der Waals surface area contributed by atoms with E-state index in [0.717, 1.165) is 31.4 Å². The van der Waals surface area contributed by atoms with Crippen LogP contribution in [0.5, 0.6) is 5.88 Å². The third-order valence-corrected chi connectivity index (χ3v) is 5.89. The molecule has 2 fully saturated rings. The second-order valence-electron chi connectivity index (χ2n) is 7.40. The third kappa shape index (κ3) is 3.41. The maximum atomic E-state index is 13.1. The number of methoxy groups -OCH3 is 1. The van der Waals surface area contributed by atoms with Gasteiger partial charge in [-0.1, -0.05) is 6.07 Å². The Hall–Kier alpha value is -2.47. The van der Waals surface area contributed by atoms with Crippen molar-refractivity contribution in [3.63, 3.8) is 0 Å². The van der Waals surface area contributed by atoms with Crippen LogP contribution in [0, 0.1) is 6.92 Å². The molecule has 2 aliphatic rings. The minimum Gasteiger partial charge on any atom is -0.474 e. The minimum absolute atomic E-state index is 0.00114. The van der Waals surface area contributed by atoms with Crippen LogP contribution >= 0.6 is 0 Å². The molecule has 6 heteroatoms. The van der Waals surface area contributed by atoms with Gasteiger partial charge in [0.25, 0.3) is 5.91 Å². The Morgan fingerprint density at radius 1 is 1.22 bits per heavy atom. The van der Waals surface area contributed by atoms with Gasteiger partial charge in [0.15, 0.2) is 0 Å². The molecule has 27 heavy (non-hydrogen) atoms. The van der Waals surface area contributed by atoms with Crippen LogP contribution in [-0.4, -0.2) is 52.2 Å². The Morgan fingerprint density at radius 2 is 2.11 bits per heavy atom. The van der Waals surface area contributed by atoms with Crippen molar-refractivity contribution in [2.45, 2.75) is 50.4 Å². The number of amides is 1. The number of carbonyl (C=O) groups excluding carboxylic acids is 1. The Balaban J connectivity index is 1.54. The predicted molar refractivity (Wildman–Crippen MR) is 101 cm³/mol. The number of aromatic nitrogens is 2. The van der Waals surface area contributed by atoms with E-state index in [-0.39, 0.29) is 23.7 Å². The molecule has 1 aliphatic carbocycles. The number of ether oxygens (including phenoxy) is 2. The Kier molecular flexibility index (Phi) is 4.83. The molecule has 6 nitrogen and oxygen atoms in total. The number of hydrogen-bond acceptors (Lipinski definition) is 5. The number of carbonyl (C=O) groups is 1. The van der Waals surface area contributed by atoms with Crippen molar-refractivity contribution in [1.82, 2.24) is 14.9 Å². The van der Waals surface area contributed by atoms with Crippen molar-refractivity contribution in [3.05, 3.63) is 54.0 Å². The zero-order valence-electron chi connectivity index (χ0n) is 15.8. The van der Waals surface area contributed by atoms with Gasteiger partial charge >= 0.3 is 0 Å². The van der Waals surface area contributed by atoms with Crippen molar-refractivity contribution in [2.75, 3.05) is 13.7 Å². The van der Waals surface area contributed by atoms with E-state index in [4.69, 9.17) is 9.47 Å². The van der Waals surface area contributed by atoms with Crippen molar-refractivity contribution < 1.29 is 14.3 Å². The standard InChI is InChI=1S/C21H25N3O3/c1-15-6-7-16(14-23-15)20(25)24-12-10-21(26-2)9-8-17(13-18(21)24)27-19-5-3-4-11-22-19/h3-7,11,14,17-18H,8-10,12-13H2,1-2H3/t17?,18?,21-/m1/s1. The molecule has 2 aromatic rings. The molecule has 2 aromatic heterocycles. The number of hydrogen-bond donors (Lipinski definition) is 0. The van der Waals surface area contributed by atoms with Crippen LogP contribution in [0.15, 0.2) is 42.7 Å². The van der Waals surface area contributed by atoms with E-state index < -0.39 is 0 Å². The van der Waals surface area contributed by atoms with E-state index in [9.17, 15) is 4.79 Å². The average Bonchev–Trinajstić information content (AvgIpc) is 3.08. The molecule has 0 radical (unpaired) electrons. The first-order valence-electron chi connectivity index (χ1n) is 9.48. The lowest BCUT2D eigenvalue weighted by molar-refractivity contribution is -0.0788. The molecule has 3 atom stereocenters. The van der Waals surface area contributed by atoms with Gasteiger partial charge in [0.2, 0.25) is 5.88 Å². The van der Waals surface area contributed by atoms with Gasteiger partial charge in [0.05, 0.1) is 17.2 Å². The maximum Gasteiger partial charge on any atom is 0.255 e. The summed E-state index contributed by atoms with van der Waals surface area (Å²) in [5.74, 6) is 0.649. The van der Waals surface area contributed by atoms with Crippen molar-refractivity contribution in [2.24, 2.45) is 0 Å². The van der Waals surface area contributed by atoms with Crippen LogP contribution in [0.3, 0.4) is 0 Å². The van der Waals surface area contributed by atoms with Gasteiger partial charge in [-0.25, -0.2) is 4.98 Å². The monoisotopic (exact) mass is 367 g/mol. The lowest BCUT2D eigenvalue weighted by Gasteiger charge is -2.43. The molecule has 1 saturated heterocycles. The zero-order chi connectivity index (χ0) is 18.9. The lowest BCUT2D eigenvalue weighted by atomic mass is 9.79. The summed E-state index contributed by atoms with van der Waals surface area (Å²) in [6.45, 7) is 2.61. The number of fused-ring (bicyclic) bond motifs is 1. The maximum absolute atomic E-state index is 13.1. The van der Waals surface area contributed by atoms with E-state index in [1.54, 1.807) is 19.5 Å². The van der Waals surface area contributed by atoms with E-state index >= 15 is 0 Å². The summed E-state index contributed by atoms with van der Waals surface area (Å²) in [6.07, 6.45) is 6.79. The largest absolute Gasteiger partial charge is 0.474 e. The van der Waals surface area contributed by atoms with Crippen molar-refractivity contribution >= 4 is 5.91 Å². The van der Waals surface area contributed by atoms with Gasteiger partial charge in [-0.2, -0.15) is 0 Å². The normalized spacial score (nSPS) is 27.3. The topological polar surface area (TPSA) is 64.6 Å². The molecule has 1 saturated carbocycles. The van der Waals surface area contributed by atoms with Crippen molar-refractivity contribution in [3.8, 4) is 5.88 Å². The molecule has 2 unspecified atom stereocenters. The fourth-order valence-electron chi connectivity index (χ4n) is 4.36. The number of likely N-dealkylation sites (tertiary alicyclic amines) is 1. The van der Waals surface area contributed by atoms with Gasteiger partial charge in [-0.3, -0.25) is 9.78 Å². The highest BCUT2D eigenvalue weighted by Crippen LogP contribution is 2.43. The fraction of sp³-hybridized carbons (Fsp3) is 0.476. The van der Waals surface area contributed by atoms with Gasteiger partial charge in [-0.15, -0.1) is 0 Å². The van der Waals surface area contributed by atoms with Crippen LogP contribution < -0.4 is 4.74 Å². The summed E-state index contributed by atoms with van der Waals surface area (Å²) in [5, 5.41) is 0. The second-order valence-corrected chi connectivity index (χ2v) is 7.40. The van der Waals surface area contributed by atoms with Crippen LogP contribution in [0.25, 0.3) is 0 Å². The first kappa shape index (κ1) is 17.9. The quantitative estimate of drug-likeness (QED) is 0.831. The van der Waals surface area contributed by atoms with Gasteiger partial charge in [0, 0.05) is 44.2 Å². The zero-order valence-corrected chi connectivity index (χ0v) is 15.8. The molecular weight excluding hydrogens is 342 g/mol. The molecule has 0 spiro atoms. The highest BCUT2D eigenvalue weighted by atomic mass is 16.5. The van der Waals surface area contributed by atoms with E-state index in [1.165, 1.54) is 0 Å². The average molecular weight is 367 g/mol. The molecule has 0 aromatic carbocycles.